The zero-order chi connectivity index (χ0) is 25.0. The summed E-state index contributed by atoms with van der Waals surface area (Å²) in [6, 6.07) is 46.5. The first-order valence-corrected chi connectivity index (χ1v) is 13.7. The van der Waals surface area contributed by atoms with Gasteiger partial charge in [-0.15, -0.1) is 0 Å². The largest absolute Gasteiger partial charge is 0.345 e. The number of nitrogens with zero attached hydrogens (tertiary/aromatic N) is 2. The van der Waals surface area contributed by atoms with Crippen LogP contribution in [0.2, 0.25) is 0 Å². The summed E-state index contributed by atoms with van der Waals surface area (Å²) in [5.74, 6) is 0. The lowest BCUT2D eigenvalue weighted by Crippen LogP contribution is -2.25. The lowest BCUT2D eigenvalue weighted by atomic mass is 10.2. The second-order valence-corrected chi connectivity index (χ2v) is 11.5. The first-order chi connectivity index (χ1) is 17.6. The van der Waals surface area contributed by atoms with Crippen molar-refractivity contribution in [1.82, 2.24) is 0 Å². The van der Waals surface area contributed by atoms with Gasteiger partial charge in [-0.25, -0.2) is 0 Å². The van der Waals surface area contributed by atoms with Crippen LogP contribution >= 0.6 is 7.14 Å². The average Bonchev–Trinajstić information content (AvgIpc) is 2.97. The van der Waals surface area contributed by atoms with E-state index in [0.29, 0.717) is 0 Å². The third kappa shape index (κ3) is 4.58. The predicted octanol–water partition coefficient (Wildman–Crippen LogP) is 6.86. The van der Waals surface area contributed by atoms with E-state index in [0.717, 1.165) is 38.7 Å². The van der Waals surface area contributed by atoms with Crippen molar-refractivity contribution in [1.29, 1.82) is 0 Å². The molecule has 0 radical (unpaired) electrons. The van der Waals surface area contributed by atoms with Crippen LogP contribution in [0.3, 0.4) is 0 Å². The van der Waals surface area contributed by atoms with Crippen LogP contribution < -0.4 is 25.7 Å². The summed E-state index contributed by atoms with van der Waals surface area (Å²) in [5.41, 5.74) is 4.30. The highest BCUT2D eigenvalue weighted by Gasteiger charge is 2.29. The molecule has 0 atom stereocenters. The van der Waals surface area contributed by atoms with Crippen molar-refractivity contribution in [3.63, 3.8) is 0 Å². The monoisotopic (exact) mass is 488 g/mol. The molecule has 0 unspecified atom stereocenters. The molecule has 36 heavy (non-hydrogen) atoms. The fourth-order valence-electron chi connectivity index (χ4n) is 4.46. The smallest absolute Gasteiger partial charge is 0.171 e. The Hall–Kier alpha value is -4.07. The van der Waals surface area contributed by atoms with Crippen molar-refractivity contribution >= 4 is 45.8 Å². The van der Waals surface area contributed by atoms with E-state index >= 15 is 0 Å². The second-order valence-electron chi connectivity index (χ2n) is 8.77. The normalized spacial score (nSPS) is 11.2. The number of anilines is 4. The van der Waals surface area contributed by atoms with Crippen molar-refractivity contribution in [3.8, 4) is 0 Å². The van der Waals surface area contributed by atoms with Gasteiger partial charge in [0, 0.05) is 52.8 Å². The molecular weight excluding hydrogens is 459 g/mol. The lowest BCUT2D eigenvalue weighted by molar-refractivity contribution is 0.592. The molecule has 5 aromatic carbocycles. The van der Waals surface area contributed by atoms with E-state index in [1.54, 1.807) is 0 Å². The first kappa shape index (κ1) is 23.7. The molecule has 4 heteroatoms. The zero-order valence-corrected chi connectivity index (χ0v) is 21.4. The van der Waals surface area contributed by atoms with Crippen molar-refractivity contribution in [2.75, 3.05) is 23.9 Å². The van der Waals surface area contributed by atoms with Gasteiger partial charge >= 0.3 is 0 Å². The minimum atomic E-state index is -3.06. The van der Waals surface area contributed by atoms with Crippen molar-refractivity contribution < 1.29 is 4.57 Å². The molecule has 0 heterocycles. The van der Waals surface area contributed by atoms with E-state index in [1.807, 2.05) is 105 Å². The highest BCUT2D eigenvalue weighted by molar-refractivity contribution is 7.85. The van der Waals surface area contributed by atoms with Gasteiger partial charge in [-0.3, -0.25) is 0 Å². The molecule has 0 aliphatic rings. The van der Waals surface area contributed by atoms with Crippen LogP contribution in [0, 0.1) is 0 Å². The second kappa shape index (κ2) is 10.3. The predicted molar refractivity (Wildman–Crippen MR) is 155 cm³/mol. The molecule has 5 rings (SSSR count). The van der Waals surface area contributed by atoms with E-state index in [-0.39, 0.29) is 0 Å². The molecule has 3 nitrogen and oxygen atoms in total. The summed E-state index contributed by atoms with van der Waals surface area (Å²) in [6.07, 6.45) is 0. The summed E-state index contributed by atoms with van der Waals surface area (Å²) in [5, 5.41) is 2.48. The Morgan fingerprint density at radius 2 is 0.667 bits per heavy atom. The molecule has 0 fully saturated rings. The summed E-state index contributed by atoms with van der Waals surface area (Å²) in [6.45, 7) is 0. The Kier molecular flexibility index (Phi) is 6.75. The SMILES string of the molecule is CN(c1ccccc1)c1ccc(P(=O)(c2ccccc2)c2ccc(N(C)c3ccccc3)cc2)cc1. The summed E-state index contributed by atoms with van der Waals surface area (Å²) in [4.78, 5) is 4.26. The fourth-order valence-corrected chi connectivity index (χ4v) is 7.08. The summed E-state index contributed by atoms with van der Waals surface area (Å²) >= 11 is 0. The van der Waals surface area contributed by atoms with Gasteiger partial charge in [-0.1, -0.05) is 66.7 Å². The quantitative estimate of drug-likeness (QED) is 0.234. The van der Waals surface area contributed by atoms with Crippen molar-refractivity contribution in [2.45, 2.75) is 0 Å². The van der Waals surface area contributed by atoms with Crippen LogP contribution in [0.4, 0.5) is 22.7 Å². The highest BCUT2D eigenvalue weighted by Crippen LogP contribution is 2.43. The van der Waals surface area contributed by atoms with Crippen molar-refractivity contribution in [2.24, 2.45) is 0 Å². The van der Waals surface area contributed by atoms with Gasteiger partial charge in [-0.2, -0.15) is 0 Å². The molecule has 178 valence electrons. The van der Waals surface area contributed by atoms with Gasteiger partial charge in [0.05, 0.1) is 0 Å². The minimum Gasteiger partial charge on any atom is -0.345 e. The Morgan fingerprint density at radius 1 is 0.389 bits per heavy atom. The Labute approximate surface area is 213 Å². The molecule has 0 bridgehead atoms. The first-order valence-electron chi connectivity index (χ1n) is 12.0. The number of benzene rings is 5. The van der Waals surface area contributed by atoms with Crippen LogP contribution in [0.25, 0.3) is 0 Å². The van der Waals surface area contributed by atoms with E-state index in [9.17, 15) is 4.57 Å². The van der Waals surface area contributed by atoms with Crippen LogP contribution in [0.5, 0.6) is 0 Å². The Morgan fingerprint density at radius 3 is 1.03 bits per heavy atom. The molecule has 0 amide bonds. The molecule has 0 aliphatic heterocycles. The van der Waals surface area contributed by atoms with Gasteiger partial charge in [0.15, 0.2) is 7.14 Å². The summed E-state index contributed by atoms with van der Waals surface area (Å²) in [7, 11) is 1.03. The Bertz CT molecular complexity index is 1360. The van der Waals surface area contributed by atoms with Gasteiger partial charge in [0.1, 0.15) is 0 Å². The van der Waals surface area contributed by atoms with E-state index in [4.69, 9.17) is 0 Å². The average molecular weight is 489 g/mol. The Balaban J connectivity index is 1.52. The van der Waals surface area contributed by atoms with Gasteiger partial charge in [-0.05, 0) is 72.8 Å². The summed E-state index contributed by atoms with van der Waals surface area (Å²) < 4.78 is 14.9. The maximum atomic E-state index is 14.9. The van der Waals surface area contributed by atoms with Gasteiger partial charge in [0.25, 0.3) is 0 Å². The third-order valence-electron chi connectivity index (χ3n) is 6.61. The molecule has 0 N–H and O–H groups in total. The number of hydrogen-bond acceptors (Lipinski definition) is 3. The third-order valence-corrected chi connectivity index (χ3v) is 9.68. The number of para-hydroxylation sites is 2. The molecule has 0 saturated carbocycles. The van der Waals surface area contributed by atoms with Crippen LogP contribution in [-0.2, 0) is 4.57 Å². The number of hydrogen-bond donors (Lipinski definition) is 0. The molecule has 0 aliphatic carbocycles. The standard InChI is InChI=1S/C32H29N2OP/c1-33(26-12-6-3-7-13-26)28-18-22-31(23-19-28)36(35,30-16-10-5-11-17-30)32-24-20-29(21-25-32)34(2)27-14-8-4-9-15-27/h3-25H,1-2H3. The molecule has 0 spiro atoms. The van der Waals surface area contributed by atoms with Crippen LogP contribution in [0.15, 0.2) is 140 Å². The fraction of sp³-hybridized carbons (Fsp3) is 0.0625. The van der Waals surface area contributed by atoms with E-state index < -0.39 is 7.14 Å². The number of rotatable bonds is 7. The lowest BCUT2D eigenvalue weighted by Gasteiger charge is -2.24. The molecule has 0 aromatic heterocycles. The van der Waals surface area contributed by atoms with Crippen LogP contribution in [-0.4, -0.2) is 14.1 Å². The molecular formula is C32H29N2OP. The zero-order valence-electron chi connectivity index (χ0n) is 20.5. The minimum absolute atomic E-state index is 0.822. The van der Waals surface area contributed by atoms with E-state index in [1.165, 1.54) is 0 Å². The van der Waals surface area contributed by atoms with E-state index in [2.05, 4.69) is 58.3 Å². The van der Waals surface area contributed by atoms with Gasteiger partial charge in [0.2, 0.25) is 0 Å². The van der Waals surface area contributed by atoms with Crippen LogP contribution in [0.1, 0.15) is 0 Å². The maximum Gasteiger partial charge on any atom is 0.171 e. The van der Waals surface area contributed by atoms with Gasteiger partial charge < -0.3 is 14.4 Å². The topological polar surface area (TPSA) is 23.6 Å². The molecule has 0 saturated heterocycles. The molecule has 5 aromatic rings. The highest BCUT2D eigenvalue weighted by atomic mass is 31.2. The van der Waals surface area contributed by atoms with Crippen molar-refractivity contribution in [3.05, 3.63) is 140 Å². The maximum absolute atomic E-state index is 14.9.